The highest BCUT2D eigenvalue weighted by atomic mass is 35.5. The summed E-state index contributed by atoms with van der Waals surface area (Å²) in [6.45, 7) is 0.142. The predicted molar refractivity (Wildman–Crippen MR) is 87.9 cm³/mol. The maximum atomic E-state index is 11.0. The second-order valence-corrected chi connectivity index (χ2v) is 5.23. The van der Waals surface area contributed by atoms with Gasteiger partial charge in [-0.3, -0.25) is 4.79 Å². The van der Waals surface area contributed by atoms with Crippen molar-refractivity contribution >= 4 is 28.8 Å². The summed E-state index contributed by atoms with van der Waals surface area (Å²) in [5.41, 5.74) is 2.48. The van der Waals surface area contributed by atoms with Gasteiger partial charge in [-0.1, -0.05) is 23.7 Å². The minimum atomic E-state index is 0.142. The molecule has 3 rings (SSSR count). The van der Waals surface area contributed by atoms with E-state index in [4.69, 9.17) is 21.1 Å². The number of carbonyl (C=O) groups is 1. The van der Waals surface area contributed by atoms with Crippen LogP contribution in [-0.2, 0) is 4.74 Å². The van der Waals surface area contributed by atoms with Crippen molar-refractivity contribution in [3.63, 3.8) is 0 Å². The second-order valence-electron chi connectivity index (χ2n) is 4.83. The summed E-state index contributed by atoms with van der Waals surface area (Å²) in [6, 6.07) is 12.6. The Balaban J connectivity index is 2.10. The molecule has 116 valence electrons. The number of aldehydes is 1. The summed E-state index contributed by atoms with van der Waals surface area (Å²) in [6.07, 6.45) is 0.720. The van der Waals surface area contributed by atoms with Gasteiger partial charge in [-0.15, -0.1) is 10.2 Å². The number of halogens is 1. The molecule has 0 saturated carbocycles. The SMILES string of the molecule is COCOc1ccccc1-c1cc2cc(C=O)c(Cl)cc2nn1. The highest BCUT2D eigenvalue weighted by Gasteiger charge is 2.10. The van der Waals surface area contributed by atoms with E-state index in [9.17, 15) is 4.79 Å². The number of rotatable bonds is 5. The Morgan fingerprint density at radius 1 is 1.17 bits per heavy atom. The minimum absolute atomic E-state index is 0.142. The molecule has 0 N–H and O–H groups in total. The van der Waals surface area contributed by atoms with Crippen molar-refractivity contribution in [2.24, 2.45) is 0 Å². The zero-order chi connectivity index (χ0) is 16.2. The molecule has 0 bridgehead atoms. The van der Waals surface area contributed by atoms with Gasteiger partial charge in [0.25, 0.3) is 0 Å². The highest BCUT2D eigenvalue weighted by molar-refractivity contribution is 6.33. The lowest BCUT2D eigenvalue weighted by atomic mass is 10.1. The maximum Gasteiger partial charge on any atom is 0.188 e. The Kier molecular flexibility index (Phi) is 4.50. The molecule has 0 aliphatic rings. The van der Waals surface area contributed by atoms with Crippen molar-refractivity contribution in [2.45, 2.75) is 0 Å². The average molecular weight is 329 g/mol. The van der Waals surface area contributed by atoms with Crippen LogP contribution in [0.15, 0.2) is 42.5 Å². The van der Waals surface area contributed by atoms with Crippen LogP contribution in [0.4, 0.5) is 0 Å². The van der Waals surface area contributed by atoms with Crippen LogP contribution in [0.1, 0.15) is 10.4 Å². The lowest BCUT2D eigenvalue weighted by molar-refractivity contribution is 0.0515. The average Bonchev–Trinajstić information content (AvgIpc) is 2.59. The van der Waals surface area contributed by atoms with Gasteiger partial charge in [0.2, 0.25) is 0 Å². The van der Waals surface area contributed by atoms with Crippen LogP contribution in [-0.4, -0.2) is 30.4 Å². The fraction of sp³-hybridized carbons (Fsp3) is 0.118. The molecule has 0 atom stereocenters. The molecule has 0 saturated heterocycles. The number of ether oxygens (including phenoxy) is 2. The number of benzene rings is 2. The molecule has 2 aromatic carbocycles. The van der Waals surface area contributed by atoms with Gasteiger partial charge in [0.05, 0.1) is 16.2 Å². The van der Waals surface area contributed by atoms with E-state index < -0.39 is 0 Å². The molecule has 6 heteroatoms. The summed E-state index contributed by atoms with van der Waals surface area (Å²) >= 11 is 6.01. The summed E-state index contributed by atoms with van der Waals surface area (Å²) < 4.78 is 10.5. The summed E-state index contributed by atoms with van der Waals surface area (Å²) in [4.78, 5) is 11.0. The zero-order valence-electron chi connectivity index (χ0n) is 12.3. The minimum Gasteiger partial charge on any atom is -0.467 e. The van der Waals surface area contributed by atoms with E-state index in [0.717, 1.165) is 17.2 Å². The number of aromatic nitrogens is 2. The summed E-state index contributed by atoms with van der Waals surface area (Å²) in [7, 11) is 1.56. The second kappa shape index (κ2) is 6.73. The van der Waals surface area contributed by atoms with Crippen LogP contribution in [0.2, 0.25) is 5.02 Å². The molecule has 3 aromatic rings. The topological polar surface area (TPSA) is 61.3 Å². The van der Waals surface area contributed by atoms with Gasteiger partial charge >= 0.3 is 0 Å². The summed E-state index contributed by atoms with van der Waals surface area (Å²) in [5, 5.41) is 9.54. The van der Waals surface area contributed by atoms with Crippen molar-refractivity contribution in [1.29, 1.82) is 0 Å². The van der Waals surface area contributed by atoms with Crippen molar-refractivity contribution in [3.05, 3.63) is 53.1 Å². The number of hydrogen-bond donors (Lipinski definition) is 0. The third kappa shape index (κ3) is 3.16. The molecule has 0 amide bonds. The van der Waals surface area contributed by atoms with E-state index in [1.54, 1.807) is 19.2 Å². The molecule has 0 unspecified atom stereocenters. The third-order valence-corrected chi connectivity index (χ3v) is 3.65. The molecular formula is C17H13ClN2O3. The quantitative estimate of drug-likeness (QED) is 0.527. The van der Waals surface area contributed by atoms with E-state index in [-0.39, 0.29) is 6.79 Å². The zero-order valence-corrected chi connectivity index (χ0v) is 13.1. The first-order chi connectivity index (χ1) is 11.2. The number of hydrogen-bond acceptors (Lipinski definition) is 5. The van der Waals surface area contributed by atoms with E-state index in [0.29, 0.717) is 27.5 Å². The normalized spacial score (nSPS) is 10.7. The molecule has 0 aliphatic heterocycles. The number of para-hydroxylation sites is 1. The maximum absolute atomic E-state index is 11.0. The van der Waals surface area contributed by atoms with Gasteiger partial charge in [-0.25, -0.2) is 0 Å². The van der Waals surface area contributed by atoms with E-state index in [2.05, 4.69) is 10.2 Å². The predicted octanol–water partition coefficient (Wildman–Crippen LogP) is 3.75. The monoisotopic (exact) mass is 328 g/mol. The highest BCUT2D eigenvalue weighted by Crippen LogP contribution is 2.30. The number of nitrogens with zero attached hydrogens (tertiary/aromatic N) is 2. The van der Waals surface area contributed by atoms with Crippen LogP contribution in [0, 0.1) is 0 Å². The van der Waals surface area contributed by atoms with Crippen LogP contribution in [0.5, 0.6) is 5.75 Å². The third-order valence-electron chi connectivity index (χ3n) is 3.33. The Morgan fingerprint density at radius 3 is 2.78 bits per heavy atom. The fourth-order valence-electron chi connectivity index (χ4n) is 2.23. The van der Waals surface area contributed by atoms with Crippen molar-refractivity contribution in [2.75, 3.05) is 13.9 Å². The van der Waals surface area contributed by atoms with Crippen LogP contribution in [0.25, 0.3) is 22.2 Å². The van der Waals surface area contributed by atoms with Gasteiger partial charge in [0.1, 0.15) is 5.75 Å². The fourth-order valence-corrected chi connectivity index (χ4v) is 2.43. The van der Waals surface area contributed by atoms with Crippen molar-refractivity contribution in [3.8, 4) is 17.0 Å². The van der Waals surface area contributed by atoms with Gasteiger partial charge in [0, 0.05) is 23.6 Å². The molecule has 5 nitrogen and oxygen atoms in total. The number of methoxy groups -OCH3 is 1. The molecule has 23 heavy (non-hydrogen) atoms. The lowest BCUT2D eigenvalue weighted by Crippen LogP contribution is -2.01. The number of carbonyl (C=O) groups excluding carboxylic acids is 1. The van der Waals surface area contributed by atoms with Crippen LogP contribution >= 0.6 is 11.6 Å². The Bertz CT molecular complexity index is 868. The van der Waals surface area contributed by atoms with Gasteiger partial charge in [0.15, 0.2) is 13.1 Å². The molecule has 0 radical (unpaired) electrons. The first-order valence-corrected chi connectivity index (χ1v) is 7.24. The molecule has 1 aromatic heterocycles. The standard InChI is InChI=1S/C17H13ClN2O3/c1-22-10-23-17-5-3-2-4-13(17)16-7-11-6-12(9-21)14(18)8-15(11)19-20-16/h2-9H,10H2,1H3. The first-order valence-electron chi connectivity index (χ1n) is 6.86. The Morgan fingerprint density at radius 2 is 2.00 bits per heavy atom. The molecule has 0 spiro atoms. The molecule has 1 heterocycles. The molecule has 0 aliphatic carbocycles. The van der Waals surface area contributed by atoms with Gasteiger partial charge in [-0.2, -0.15) is 0 Å². The number of fused-ring (bicyclic) bond motifs is 1. The first kappa shape index (κ1) is 15.4. The van der Waals surface area contributed by atoms with E-state index in [1.807, 2.05) is 30.3 Å². The van der Waals surface area contributed by atoms with Crippen molar-refractivity contribution < 1.29 is 14.3 Å². The Hall–Kier alpha value is -2.50. The van der Waals surface area contributed by atoms with Gasteiger partial charge < -0.3 is 9.47 Å². The van der Waals surface area contributed by atoms with E-state index >= 15 is 0 Å². The summed E-state index contributed by atoms with van der Waals surface area (Å²) in [5.74, 6) is 0.646. The largest absolute Gasteiger partial charge is 0.467 e. The van der Waals surface area contributed by atoms with E-state index in [1.165, 1.54) is 0 Å². The van der Waals surface area contributed by atoms with Crippen molar-refractivity contribution in [1.82, 2.24) is 10.2 Å². The lowest BCUT2D eigenvalue weighted by Gasteiger charge is -2.10. The molecule has 0 fully saturated rings. The Labute approximate surface area is 137 Å². The molecular weight excluding hydrogens is 316 g/mol. The smallest absolute Gasteiger partial charge is 0.188 e. The van der Waals surface area contributed by atoms with Crippen LogP contribution in [0.3, 0.4) is 0 Å². The van der Waals surface area contributed by atoms with Crippen LogP contribution < -0.4 is 4.74 Å². The van der Waals surface area contributed by atoms with Gasteiger partial charge in [-0.05, 0) is 30.3 Å².